The van der Waals surface area contributed by atoms with Gasteiger partial charge in [-0.05, 0) is 18.2 Å². The molecule has 1 aromatic heterocycles. The summed E-state index contributed by atoms with van der Waals surface area (Å²) in [5.41, 5.74) is -0.131. The van der Waals surface area contributed by atoms with Crippen molar-refractivity contribution in [3.05, 3.63) is 46.4 Å². The van der Waals surface area contributed by atoms with Gasteiger partial charge < -0.3 is 0 Å². The lowest BCUT2D eigenvalue weighted by molar-refractivity contribution is 0.248. The van der Waals surface area contributed by atoms with E-state index in [1.807, 2.05) is 0 Å². The van der Waals surface area contributed by atoms with Gasteiger partial charge in [-0.25, -0.2) is 19.1 Å². The van der Waals surface area contributed by atoms with Crippen molar-refractivity contribution >= 4 is 11.7 Å². The fraction of sp³-hybridized carbons (Fsp3) is 0.100. The summed E-state index contributed by atoms with van der Waals surface area (Å²) in [5, 5.41) is 2.29. The van der Waals surface area contributed by atoms with Gasteiger partial charge in [-0.3, -0.25) is 4.90 Å². The van der Waals surface area contributed by atoms with E-state index in [2.05, 4.69) is 10.1 Å². The Morgan fingerprint density at radius 2 is 2.18 bits per heavy atom. The van der Waals surface area contributed by atoms with Crippen molar-refractivity contribution in [2.24, 2.45) is 0 Å². The Hall–Kier alpha value is -2.44. The van der Waals surface area contributed by atoms with Crippen molar-refractivity contribution in [3.63, 3.8) is 0 Å². The van der Waals surface area contributed by atoms with E-state index in [4.69, 9.17) is 0 Å². The summed E-state index contributed by atoms with van der Waals surface area (Å²) in [4.78, 5) is 27.8. The van der Waals surface area contributed by atoms with Crippen molar-refractivity contribution in [1.82, 2.24) is 14.8 Å². The molecular formula is C10H7FN4O2. The third kappa shape index (κ3) is 1.43. The number of aromatic nitrogens is 3. The monoisotopic (exact) mass is 234 g/mol. The predicted molar refractivity (Wildman–Crippen MR) is 56.2 cm³/mol. The highest BCUT2D eigenvalue weighted by Gasteiger charge is 2.30. The van der Waals surface area contributed by atoms with Crippen molar-refractivity contribution in [1.29, 1.82) is 0 Å². The fourth-order valence-corrected chi connectivity index (χ4v) is 1.79. The number of hydrogen-bond donors (Lipinski definition) is 1. The van der Waals surface area contributed by atoms with E-state index in [0.29, 0.717) is 11.5 Å². The Bertz CT molecular complexity index is 660. The number of carbonyl (C=O) groups is 1. The number of hydrogen-bond acceptors (Lipinski definition) is 3. The van der Waals surface area contributed by atoms with Crippen molar-refractivity contribution in [2.75, 3.05) is 4.90 Å². The zero-order valence-corrected chi connectivity index (χ0v) is 8.55. The molecule has 0 fully saturated rings. The highest BCUT2D eigenvalue weighted by atomic mass is 19.1. The average molecular weight is 234 g/mol. The number of nitrogens with zero attached hydrogens (tertiary/aromatic N) is 3. The lowest BCUT2D eigenvalue weighted by Gasteiger charge is -2.14. The molecule has 0 saturated carbocycles. The number of fused-ring (bicyclic) bond motifs is 1. The van der Waals surface area contributed by atoms with Gasteiger partial charge in [0.25, 0.3) is 0 Å². The topological polar surface area (TPSA) is 71.0 Å². The molecule has 1 aromatic carbocycles. The smallest absolute Gasteiger partial charge is 0.285 e. The molecule has 1 aliphatic rings. The van der Waals surface area contributed by atoms with Crippen LogP contribution in [-0.2, 0) is 6.54 Å². The van der Waals surface area contributed by atoms with Crippen LogP contribution >= 0.6 is 0 Å². The first-order valence-corrected chi connectivity index (χ1v) is 4.90. The summed E-state index contributed by atoms with van der Waals surface area (Å²) in [6.45, 7) is 0.154. The maximum absolute atomic E-state index is 13.0. The van der Waals surface area contributed by atoms with Gasteiger partial charge in [0.2, 0.25) is 0 Å². The number of halogens is 1. The summed E-state index contributed by atoms with van der Waals surface area (Å²) in [6, 6.07) is 5.24. The molecule has 0 atom stereocenters. The summed E-state index contributed by atoms with van der Waals surface area (Å²) < 4.78 is 14.1. The zero-order chi connectivity index (χ0) is 12.0. The third-order valence-electron chi connectivity index (χ3n) is 2.54. The Morgan fingerprint density at radius 1 is 1.35 bits per heavy atom. The second kappa shape index (κ2) is 3.27. The number of anilines is 1. The fourth-order valence-electron chi connectivity index (χ4n) is 1.79. The van der Waals surface area contributed by atoms with Gasteiger partial charge in [-0.2, -0.15) is 9.67 Å². The lowest BCUT2D eigenvalue weighted by Crippen LogP contribution is -2.28. The molecule has 1 amide bonds. The molecule has 17 heavy (non-hydrogen) atoms. The first kappa shape index (κ1) is 9.76. The Labute approximate surface area is 94.3 Å². The van der Waals surface area contributed by atoms with Gasteiger partial charge in [0.1, 0.15) is 5.82 Å². The van der Waals surface area contributed by atoms with Crippen LogP contribution in [0.4, 0.5) is 14.9 Å². The summed E-state index contributed by atoms with van der Waals surface area (Å²) >= 11 is 0. The number of benzene rings is 1. The second-order valence-corrected chi connectivity index (χ2v) is 3.63. The highest BCUT2D eigenvalue weighted by Crippen LogP contribution is 2.22. The molecule has 0 aliphatic carbocycles. The molecule has 1 aliphatic heterocycles. The van der Waals surface area contributed by atoms with Crippen LogP contribution in [0.25, 0.3) is 0 Å². The Balaban J connectivity index is 2.02. The van der Waals surface area contributed by atoms with Crippen LogP contribution in [0.15, 0.2) is 29.1 Å². The molecular weight excluding hydrogens is 227 g/mol. The van der Waals surface area contributed by atoms with Crippen LogP contribution in [0.5, 0.6) is 0 Å². The minimum Gasteiger partial charge on any atom is -0.285 e. The van der Waals surface area contributed by atoms with Crippen LogP contribution in [-0.4, -0.2) is 20.8 Å². The van der Waals surface area contributed by atoms with Crippen molar-refractivity contribution in [2.45, 2.75) is 6.54 Å². The summed E-state index contributed by atoms with van der Waals surface area (Å²) in [5.74, 6) is -0.0994. The average Bonchev–Trinajstić information content (AvgIpc) is 2.78. The Morgan fingerprint density at radius 3 is 2.88 bits per heavy atom. The van der Waals surface area contributed by atoms with Gasteiger partial charge in [0, 0.05) is 5.69 Å². The maximum atomic E-state index is 13.0. The number of carbonyl (C=O) groups excluding carboxylic acids is 1. The van der Waals surface area contributed by atoms with Crippen LogP contribution in [0.3, 0.4) is 0 Å². The van der Waals surface area contributed by atoms with Crippen molar-refractivity contribution in [3.8, 4) is 0 Å². The minimum absolute atomic E-state index is 0.154. The van der Waals surface area contributed by atoms with Crippen LogP contribution in [0, 0.1) is 5.82 Å². The van der Waals surface area contributed by atoms with E-state index in [1.54, 1.807) is 6.07 Å². The molecule has 7 heteroatoms. The summed E-state index contributed by atoms with van der Waals surface area (Å²) in [6.07, 6.45) is 0. The van der Waals surface area contributed by atoms with E-state index >= 15 is 0 Å². The molecule has 0 spiro atoms. The minimum atomic E-state index is -0.563. The maximum Gasteiger partial charge on any atom is 0.362 e. The molecule has 0 unspecified atom stereocenters. The zero-order valence-electron chi connectivity index (χ0n) is 8.55. The van der Waals surface area contributed by atoms with Crippen LogP contribution < -0.4 is 10.6 Å². The first-order chi connectivity index (χ1) is 8.15. The Kier molecular flexibility index (Phi) is 1.88. The second-order valence-electron chi connectivity index (χ2n) is 3.63. The molecule has 0 radical (unpaired) electrons. The van der Waals surface area contributed by atoms with Gasteiger partial charge in [0.15, 0.2) is 5.82 Å². The molecule has 3 rings (SSSR count). The number of H-pyrrole nitrogens is 1. The van der Waals surface area contributed by atoms with Gasteiger partial charge in [-0.15, -0.1) is 0 Å². The third-order valence-corrected chi connectivity index (χ3v) is 2.54. The largest absolute Gasteiger partial charge is 0.362 e. The molecule has 0 saturated heterocycles. The summed E-state index contributed by atoms with van der Waals surface area (Å²) in [7, 11) is 0. The number of nitrogens with one attached hydrogen (secondary N) is 1. The van der Waals surface area contributed by atoms with Gasteiger partial charge in [0.05, 0.1) is 6.54 Å². The van der Waals surface area contributed by atoms with E-state index in [9.17, 15) is 14.0 Å². The quantitative estimate of drug-likeness (QED) is 0.789. The van der Waals surface area contributed by atoms with Gasteiger partial charge in [-0.1, -0.05) is 6.07 Å². The molecule has 86 valence electrons. The SMILES string of the molecule is O=C1N(c2cccc(F)c2)Cc2nc(=O)[nH]n21. The molecule has 6 nitrogen and oxygen atoms in total. The predicted octanol–water partition coefficient (Wildman–Crippen LogP) is 0.699. The van der Waals surface area contributed by atoms with Crippen LogP contribution in [0.1, 0.15) is 5.82 Å². The molecule has 2 aromatic rings. The highest BCUT2D eigenvalue weighted by molar-refractivity contribution is 5.95. The van der Waals surface area contributed by atoms with Gasteiger partial charge >= 0.3 is 11.7 Å². The number of aromatic amines is 1. The normalized spacial score (nSPS) is 14.2. The molecule has 0 bridgehead atoms. The van der Waals surface area contributed by atoms with Crippen molar-refractivity contribution < 1.29 is 9.18 Å². The van der Waals surface area contributed by atoms with E-state index < -0.39 is 17.5 Å². The number of rotatable bonds is 1. The molecule has 2 heterocycles. The first-order valence-electron chi connectivity index (χ1n) is 4.90. The lowest BCUT2D eigenvalue weighted by atomic mass is 10.3. The van der Waals surface area contributed by atoms with E-state index in [-0.39, 0.29) is 6.54 Å². The standard InChI is InChI=1S/C10H7FN4O2/c11-6-2-1-3-7(4-6)14-5-8-12-9(16)13-15(8)10(14)17/h1-4H,5H2,(H,13,16). The number of amides is 1. The molecule has 1 N–H and O–H groups in total. The van der Waals surface area contributed by atoms with E-state index in [0.717, 1.165) is 4.68 Å². The van der Waals surface area contributed by atoms with Crippen LogP contribution in [0.2, 0.25) is 0 Å². The van der Waals surface area contributed by atoms with E-state index in [1.165, 1.54) is 23.1 Å².